The molecule has 0 spiro atoms. The number of hydrogen-bond donors (Lipinski definition) is 0. The highest BCUT2D eigenvalue weighted by Crippen LogP contribution is 2.26. The molecule has 4 nitrogen and oxygen atoms in total. The van der Waals surface area contributed by atoms with Gasteiger partial charge in [0.2, 0.25) is 10.0 Å². The molecule has 29 heavy (non-hydrogen) atoms. The van der Waals surface area contributed by atoms with Crippen molar-refractivity contribution in [3.05, 3.63) is 29.8 Å². The minimum absolute atomic E-state index is 0.128. The Morgan fingerprint density at radius 2 is 1.28 bits per heavy atom. The van der Waals surface area contributed by atoms with Crippen LogP contribution in [0.3, 0.4) is 0 Å². The van der Waals surface area contributed by atoms with E-state index < -0.39 is 10.0 Å². The monoisotopic (exact) mass is 422 g/mol. The Morgan fingerprint density at radius 3 is 1.76 bits per heavy atom. The van der Waals surface area contributed by atoms with Crippen molar-refractivity contribution in [3.63, 3.8) is 0 Å². The van der Waals surface area contributed by atoms with E-state index in [0.29, 0.717) is 11.4 Å². The van der Waals surface area contributed by atoms with Crippen molar-refractivity contribution in [2.75, 3.05) is 27.2 Å². The van der Waals surface area contributed by atoms with Crippen LogP contribution in [0.1, 0.15) is 82.6 Å². The first kappa shape index (κ1) is 24.4. The van der Waals surface area contributed by atoms with Gasteiger partial charge in [0.05, 0.1) is 4.90 Å². The van der Waals surface area contributed by atoms with Crippen LogP contribution in [0.5, 0.6) is 0 Å². The van der Waals surface area contributed by atoms with Crippen molar-refractivity contribution in [1.82, 2.24) is 9.21 Å². The molecule has 1 aliphatic rings. The highest BCUT2D eigenvalue weighted by atomic mass is 32.2. The SMILES string of the molecule is Cc1ccc(S(=O)(=O)N(CCCN(C)C)C2CCCCCCCCCCC2)cc1. The molecule has 0 heterocycles. The lowest BCUT2D eigenvalue weighted by atomic mass is 9.98. The summed E-state index contributed by atoms with van der Waals surface area (Å²) in [7, 11) is 0.635. The zero-order valence-corrected chi connectivity index (χ0v) is 19.7. The van der Waals surface area contributed by atoms with Crippen LogP contribution in [0.4, 0.5) is 0 Å². The predicted octanol–water partition coefficient (Wildman–Crippen LogP) is 5.61. The van der Waals surface area contributed by atoms with E-state index in [1.165, 1.54) is 44.9 Å². The van der Waals surface area contributed by atoms with E-state index >= 15 is 0 Å². The molecular weight excluding hydrogens is 380 g/mol. The smallest absolute Gasteiger partial charge is 0.243 e. The minimum Gasteiger partial charge on any atom is -0.309 e. The fraction of sp³-hybridized carbons (Fsp3) is 0.750. The summed E-state index contributed by atoms with van der Waals surface area (Å²) in [5.74, 6) is 0. The van der Waals surface area contributed by atoms with E-state index in [0.717, 1.165) is 44.2 Å². The molecule has 1 aromatic carbocycles. The summed E-state index contributed by atoms with van der Waals surface area (Å²) in [6.45, 7) is 3.52. The fourth-order valence-corrected chi connectivity index (χ4v) is 6.04. The summed E-state index contributed by atoms with van der Waals surface area (Å²) >= 11 is 0. The maximum Gasteiger partial charge on any atom is 0.243 e. The molecule has 0 aliphatic heterocycles. The molecule has 0 unspecified atom stereocenters. The summed E-state index contributed by atoms with van der Waals surface area (Å²) in [6.07, 6.45) is 14.2. The molecule has 1 fully saturated rings. The summed E-state index contributed by atoms with van der Waals surface area (Å²) in [5.41, 5.74) is 1.09. The van der Waals surface area contributed by atoms with E-state index in [1.54, 1.807) is 12.1 Å². The second-order valence-corrected chi connectivity index (χ2v) is 10.9. The van der Waals surface area contributed by atoms with Gasteiger partial charge in [0.1, 0.15) is 0 Å². The van der Waals surface area contributed by atoms with Crippen molar-refractivity contribution >= 4 is 10.0 Å². The fourth-order valence-electron chi connectivity index (χ4n) is 4.32. The molecule has 1 aliphatic carbocycles. The van der Waals surface area contributed by atoms with Crippen molar-refractivity contribution in [2.24, 2.45) is 0 Å². The highest BCUT2D eigenvalue weighted by molar-refractivity contribution is 7.89. The molecule has 2 rings (SSSR count). The van der Waals surface area contributed by atoms with E-state index in [9.17, 15) is 8.42 Å². The second kappa shape index (κ2) is 12.7. The van der Waals surface area contributed by atoms with Gasteiger partial charge in [-0.25, -0.2) is 8.42 Å². The molecule has 0 aromatic heterocycles. The highest BCUT2D eigenvalue weighted by Gasteiger charge is 2.30. The molecule has 1 saturated carbocycles. The average molecular weight is 423 g/mol. The van der Waals surface area contributed by atoms with Crippen LogP contribution < -0.4 is 0 Å². The lowest BCUT2D eigenvalue weighted by molar-refractivity contribution is 0.260. The number of benzene rings is 1. The normalized spacial score (nSPS) is 18.5. The van der Waals surface area contributed by atoms with E-state index in [-0.39, 0.29) is 6.04 Å². The van der Waals surface area contributed by atoms with Crippen LogP contribution in [0.15, 0.2) is 29.2 Å². The van der Waals surface area contributed by atoms with Gasteiger partial charge < -0.3 is 4.90 Å². The predicted molar refractivity (Wildman–Crippen MR) is 123 cm³/mol. The molecule has 166 valence electrons. The summed E-state index contributed by atoms with van der Waals surface area (Å²) in [5, 5.41) is 0. The van der Waals surface area contributed by atoms with Gasteiger partial charge in [0, 0.05) is 12.6 Å². The zero-order chi connectivity index (χ0) is 21.1. The van der Waals surface area contributed by atoms with Gasteiger partial charge in [0.25, 0.3) is 0 Å². The first-order valence-electron chi connectivity index (χ1n) is 11.6. The largest absolute Gasteiger partial charge is 0.309 e. The van der Waals surface area contributed by atoms with Crippen LogP contribution >= 0.6 is 0 Å². The number of rotatable bonds is 7. The first-order valence-corrected chi connectivity index (χ1v) is 13.1. The van der Waals surface area contributed by atoms with Gasteiger partial charge in [-0.1, -0.05) is 75.5 Å². The second-order valence-electron chi connectivity index (χ2n) is 9.00. The topological polar surface area (TPSA) is 40.6 Å². The van der Waals surface area contributed by atoms with Gasteiger partial charge >= 0.3 is 0 Å². The number of hydrogen-bond acceptors (Lipinski definition) is 3. The molecule has 0 bridgehead atoms. The van der Waals surface area contributed by atoms with E-state index in [4.69, 9.17) is 0 Å². The Kier molecular flexibility index (Phi) is 10.7. The van der Waals surface area contributed by atoms with Crippen molar-refractivity contribution in [1.29, 1.82) is 0 Å². The standard InChI is InChI=1S/C24H42N2O2S/c1-22-16-18-24(19-17-22)29(27,28)26(21-13-20-25(2)3)23-14-11-9-7-5-4-6-8-10-12-15-23/h16-19,23H,4-15,20-21H2,1-3H3. The van der Waals surface area contributed by atoms with E-state index in [1.807, 2.05) is 23.4 Å². The molecule has 0 N–H and O–H groups in total. The van der Waals surface area contributed by atoms with Crippen LogP contribution in [-0.2, 0) is 10.0 Å². The Balaban J connectivity index is 2.21. The van der Waals surface area contributed by atoms with Gasteiger partial charge in [-0.2, -0.15) is 4.31 Å². The van der Waals surface area contributed by atoms with Gasteiger partial charge in [0.15, 0.2) is 0 Å². The Morgan fingerprint density at radius 1 is 0.793 bits per heavy atom. The number of sulfonamides is 1. The van der Waals surface area contributed by atoms with Gasteiger partial charge in [-0.05, 0) is 59.0 Å². The maximum atomic E-state index is 13.6. The number of nitrogens with zero attached hydrogens (tertiary/aromatic N) is 2. The van der Waals surface area contributed by atoms with Gasteiger partial charge in [-0.15, -0.1) is 0 Å². The van der Waals surface area contributed by atoms with Crippen molar-refractivity contribution < 1.29 is 8.42 Å². The Hall–Kier alpha value is -0.910. The number of aryl methyl sites for hydroxylation is 1. The lowest BCUT2D eigenvalue weighted by Crippen LogP contribution is -2.41. The minimum atomic E-state index is -3.47. The summed E-state index contributed by atoms with van der Waals surface area (Å²) in [6, 6.07) is 7.50. The van der Waals surface area contributed by atoms with E-state index in [2.05, 4.69) is 19.0 Å². The summed E-state index contributed by atoms with van der Waals surface area (Å²) < 4.78 is 29.1. The average Bonchev–Trinajstić information content (AvgIpc) is 2.66. The van der Waals surface area contributed by atoms with Gasteiger partial charge in [-0.3, -0.25) is 0 Å². The molecule has 5 heteroatoms. The Bertz CT molecular complexity index is 659. The quantitative estimate of drug-likeness (QED) is 0.573. The molecular formula is C24H42N2O2S. The molecule has 0 atom stereocenters. The van der Waals surface area contributed by atoms with Crippen LogP contribution in [-0.4, -0.2) is 50.8 Å². The zero-order valence-electron chi connectivity index (χ0n) is 18.9. The van der Waals surface area contributed by atoms with Crippen molar-refractivity contribution in [2.45, 2.75) is 94.9 Å². The summed E-state index contributed by atoms with van der Waals surface area (Å²) in [4.78, 5) is 2.58. The third-order valence-electron chi connectivity index (χ3n) is 6.09. The third-order valence-corrected chi connectivity index (χ3v) is 8.06. The molecule has 1 aromatic rings. The third kappa shape index (κ3) is 8.39. The molecule has 0 saturated heterocycles. The maximum absolute atomic E-state index is 13.6. The molecule has 0 radical (unpaired) electrons. The lowest BCUT2D eigenvalue weighted by Gasteiger charge is -2.32. The van der Waals surface area contributed by atoms with Crippen LogP contribution in [0, 0.1) is 6.92 Å². The Labute approximate surface area is 179 Å². The first-order chi connectivity index (χ1) is 13.9. The molecule has 0 amide bonds. The van der Waals surface area contributed by atoms with Crippen LogP contribution in [0.2, 0.25) is 0 Å². The van der Waals surface area contributed by atoms with Crippen molar-refractivity contribution in [3.8, 4) is 0 Å². The van der Waals surface area contributed by atoms with Crippen LogP contribution in [0.25, 0.3) is 0 Å².